The molecule has 2 unspecified atom stereocenters. The SMILES string of the molecule is COC1CC(Nc2ccccc2)CN1. The van der Waals surface area contributed by atoms with Gasteiger partial charge in [0.05, 0.1) is 0 Å². The first-order chi connectivity index (χ1) is 6.88. The predicted octanol–water partition coefficient (Wildman–Crippen LogP) is 1.43. The van der Waals surface area contributed by atoms with E-state index in [2.05, 4.69) is 22.8 Å². The molecule has 14 heavy (non-hydrogen) atoms. The van der Waals surface area contributed by atoms with Crippen LogP contribution < -0.4 is 10.6 Å². The van der Waals surface area contributed by atoms with E-state index in [1.807, 2.05) is 18.2 Å². The molecule has 0 amide bonds. The van der Waals surface area contributed by atoms with Crippen LogP contribution in [0.1, 0.15) is 6.42 Å². The van der Waals surface area contributed by atoms with Gasteiger partial charge < -0.3 is 10.1 Å². The summed E-state index contributed by atoms with van der Waals surface area (Å²) < 4.78 is 5.23. The van der Waals surface area contributed by atoms with E-state index < -0.39 is 0 Å². The van der Waals surface area contributed by atoms with E-state index in [4.69, 9.17) is 4.74 Å². The lowest BCUT2D eigenvalue weighted by atomic mass is 10.2. The first kappa shape index (κ1) is 9.49. The summed E-state index contributed by atoms with van der Waals surface area (Å²) in [6, 6.07) is 10.7. The van der Waals surface area contributed by atoms with Crippen molar-refractivity contribution in [3.8, 4) is 0 Å². The zero-order valence-electron chi connectivity index (χ0n) is 8.36. The molecule has 0 aromatic heterocycles. The molecule has 3 heteroatoms. The van der Waals surface area contributed by atoms with Crippen molar-refractivity contribution in [1.82, 2.24) is 5.32 Å². The molecule has 0 bridgehead atoms. The zero-order chi connectivity index (χ0) is 9.80. The van der Waals surface area contributed by atoms with Crippen LogP contribution >= 0.6 is 0 Å². The topological polar surface area (TPSA) is 33.3 Å². The molecule has 0 saturated carbocycles. The van der Waals surface area contributed by atoms with Crippen LogP contribution in [0.5, 0.6) is 0 Å². The molecule has 0 spiro atoms. The fraction of sp³-hybridized carbons (Fsp3) is 0.455. The Morgan fingerprint density at radius 1 is 1.36 bits per heavy atom. The number of nitrogens with one attached hydrogen (secondary N) is 2. The lowest BCUT2D eigenvalue weighted by Crippen LogP contribution is -2.23. The monoisotopic (exact) mass is 192 g/mol. The summed E-state index contributed by atoms with van der Waals surface area (Å²) in [6.07, 6.45) is 1.22. The minimum Gasteiger partial charge on any atom is -0.381 e. The number of anilines is 1. The Hall–Kier alpha value is -1.06. The maximum atomic E-state index is 5.23. The van der Waals surface area contributed by atoms with Crippen LogP contribution in [-0.4, -0.2) is 25.9 Å². The first-order valence-electron chi connectivity index (χ1n) is 4.96. The quantitative estimate of drug-likeness (QED) is 0.760. The van der Waals surface area contributed by atoms with Crippen molar-refractivity contribution in [3.05, 3.63) is 30.3 Å². The van der Waals surface area contributed by atoms with Gasteiger partial charge in [-0.15, -0.1) is 0 Å². The molecule has 1 aliphatic heterocycles. The van der Waals surface area contributed by atoms with Gasteiger partial charge in [-0.05, 0) is 12.1 Å². The van der Waals surface area contributed by atoms with Gasteiger partial charge in [0.15, 0.2) is 0 Å². The smallest absolute Gasteiger partial charge is 0.109 e. The number of para-hydroxylation sites is 1. The molecule has 1 fully saturated rings. The summed E-state index contributed by atoms with van der Waals surface area (Å²) in [6.45, 7) is 0.966. The van der Waals surface area contributed by atoms with Crippen LogP contribution in [0, 0.1) is 0 Å². The molecular formula is C11H16N2O. The lowest BCUT2D eigenvalue weighted by Gasteiger charge is -2.12. The van der Waals surface area contributed by atoms with Crippen molar-refractivity contribution in [3.63, 3.8) is 0 Å². The van der Waals surface area contributed by atoms with Gasteiger partial charge in [0.2, 0.25) is 0 Å². The van der Waals surface area contributed by atoms with Crippen LogP contribution in [0.2, 0.25) is 0 Å². The highest BCUT2D eigenvalue weighted by Crippen LogP contribution is 2.13. The number of hydrogen-bond acceptors (Lipinski definition) is 3. The molecule has 0 aliphatic carbocycles. The lowest BCUT2D eigenvalue weighted by molar-refractivity contribution is 0.0907. The molecule has 2 rings (SSSR count). The van der Waals surface area contributed by atoms with E-state index in [0.717, 1.165) is 13.0 Å². The molecule has 1 aromatic rings. The van der Waals surface area contributed by atoms with Crippen LogP contribution in [0.3, 0.4) is 0 Å². The van der Waals surface area contributed by atoms with Crippen LogP contribution in [-0.2, 0) is 4.74 Å². The second-order valence-electron chi connectivity index (χ2n) is 3.58. The molecule has 0 radical (unpaired) electrons. The fourth-order valence-corrected chi connectivity index (χ4v) is 1.76. The first-order valence-corrected chi connectivity index (χ1v) is 4.96. The van der Waals surface area contributed by atoms with Crippen molar-refractivity contribution in [2.75, 3.05) is 19.0 Å². The molecule has 1 aliphatic rings. The minimum atomic E-state index is 0.205. The van der Waals surface area contributed by atoms with E-state index in [9.17, 15) is 0 Å². The highest BCUT2D eigenvalue weighted by Gasteiger charge is 2.22. The molecule has 76 valence electrons. The number of benzene rings is 1. The van der Waals surface area contributed by atoms with Gasteiger partial charge in [-0.1, -0.05) is 18.2 Å². The summed E-state index contributed by atoms with van der Waals surface area (Å²) in [4.78, 5) is 0. The van der Waals surface area contributed by atoms with Crippen molar-refractivity contribution in [2.45, 2.75) is 18.7 Å². The third kappa shape index (κ3) is 2.25. The summed E-state index contributed by atoms with van der Waals surface area (Å²) in [7, 11) is 1.74. The summed E-state index contributed by atoms with van der Waals surface area (Å²) in [5.74, 6) is 0. The molecule has 3 nitrogen and oxygen atoms in total. The molecular weight excluding hydrogens is 176 g/mol. The summed E-state index contributed by atoms with van der Waals surface area (Å²) in [5, 5.41) is 6.75. The van der Waals surface area contributed by atoms with Crippen molar-refractivity contribution >= 4 is 5.69 Å². The summed E-state index contributed by atoms with van der Waals surface area (Å²) in [5.41, 5.74) is 1.18. The highest BCUT2D eigenvalue weighted by atomic mass is 16.5. The molecule has 2 N–H and O–H groups in total. The van der Waals surface area contributed by atoms with Gasteiger partial charge >= 0.3 is 0 Å². The number of methoxy groups -OCH3 is 1. The van der Waals surface area contributed by atoms with E-state index in [0.29, 0.717) is 6.04 Å². The molecule has 1 heterocycles. The largest absolute Gasteiger partial charge is 0.381 e. The fourth-order valence-electron chi connectivity index (χ4n) is 1.76. The third-order valence-corrected chi connectivity index (χ3v) is 2.52. The van der Waals surface area contributed by atoms with Crippen LogP contribution in [0.25, 0.3) is 0 Å². The third-order valence-electron chi connectivity index (χ3n) is 2.52. The highest BCUT2D eigenvalue weighted by molar-refractivity contribution is 5.43. The van der Waals surface area contributed by atoms with Crippen molar-refractivity contribution in [2.24, 2.45) is 0 Å². The minimum absolute atomic E-state index is 0.205. The average Bonchev–Trinajstić information content (AvgIpc) is 2.67. The van der Waals surface area contributed by atoms with Gasteiger partial charge in [0.1, 0.15) is 6.23 Å². The maximum Gasteiger partial charge on any atom is 0.109 e. The van der Waals surface area contributed by atoms with Gasteiger partial charge in [-0.2, -0.15) is 0 Å². The Morgan fingerprint density at radius 2 is 2.14 bits per heavy atom. The summed E-state index contributed by atoms with van der Waals surface area (Å²) >= 11 is 0. The average molecular weight is 192 g/mol. The van der Waals surface area contributed by atoms with Gasteiger partial charge in [0, 0.05) is 31.8 Å². The number of hydrogen-bond donors (Lipinski definition) is 2. The Bertz CT molecular complexity index is 276. The maximum absolute atomic E-state index is 5.23. The van der Waals surface area contributed by atoms with E-state index in [1.165, 1.54) is 5.69 Å². The normalized spacial score (nSPS) is 26.4. The Morgan fingerprint density at radius 3 is 2.79 bits per heavy atom. The Kier molecular flexibility index (Phi) is 3.01. The molecule has 1 aromatic carbocycles. The van der Waals surface area contributed by atoms with E-state index in [-0.39, 0.29) is 6.23 Å². The van der Waals surface area contributed by atoms with Gasteiger partial charge in [0.25, 0.3) is 0 Å². The van der Waals surface area contributed by atoms with Gasteiger partial charge in [-0.25, -0.2) is 0 Å². The Labute approximate surface area is 84.5 Å². The zero-order valence-corrected chi connectivity index (χ0v) is 8.36. The number of rotatable bonds is 3. The predicted molar refractivity (Wildman–Crippen MR) is 57.3 cm³/mol. The van der Waals surface area contributed by atoms with Crippen LogP contribution in [0.15, 0.2) is 30.3 Å². The standard InChI is InChI=1S/C11H16N2O/c1-14-11-7-10(8-12-11)13-9-5-3-2-4-6-9/h2-6,10-13H,7-8H2,1H3. The van der Waals surface area contributed by atoms with Crippen molar-refractivity contribution in [1.29, 1.82) is 0 Å². The van der Waals surface area contributed by atoms with Gasteiger partial charge in [-0.3, -0.25) is 5.32 Å². The van der Waals surface area contributed by atoms with Crippen molar-refractivity contribution < 1.29 is 4.74 Å². The number of ether oxygens (including phenoxy) is 1. The second-order valence-corrected chi connectivity index (χ2v) is 3.58. The molecule has 1 saturated heterocycles. The Balaban J connectivity index is 1.88. The van der Waals surface area contributed by atoms with Crippen LogP contribution in [0.4, 0.5) is 5.69 Å². The second kappa shape index (κ2) is 4.44. The van der Waals surface area contributed by atoms with E-state index in [1.54, 1.807) is 7.11 Å². The van der Waals surface area contributed by atoms with E-state index >= 15 is 0 Å². The molecule has 2 atom stereocenters.